The normalized spacial score (nSPS) is 16.6. The van der Waals surface area contributed by atoms with E-state index in [4.69, 9.17) is 27.9 Å². The fourth-order valence-corrected chi connectivity index (χ4v) is 3.98. The van der Waals surface area contributed by atoms with Crippen molar-refractivity contribution in [1.29, 1.82) is 0 Å². The van der Waals surface area contributed by atoms with Gasteiger partial charge in [-0.15, -0.1) is 0 Å². The number of hydrogen-bond acceptors (Lipinski definition) is 5. The molecule has 0 spiro atoms. The summed E-state index contributed by atoms with van der Waals surface area (Å²) in [5.74, 6) is 1.58. The second-order valence-electron chi connectivity index (χ2n) is 6.97. The highest BCUT2D eigenvalue weighted by Crippen LogP contribution is 2.32. The predicted molar refractivity (Wildman–Crippen MR) is 117 cm³/mol. The van der Waals surface area contributed by atoms with Gasteiger partial charge in [-0.2, -0.15) is 4.98 Å². The van der Waals surface area contributed by atoms with Crippen LogP contribution in [0, 0.1) is 0 Å². The standard InChI is InChI=1S/C21H24Cl2N4O/c22-17-5-1-6-18(20(17)23)27-13-11-26(12-14-27)10-3-15-28-19-8-7-16-4-2-9-24-21(16)25-19/h1-2,4-8H,3,9-15H2,(H,24,25). The average molecular weight is 419 g/mol. The second-order valence-corrected chi connectivity index (χ2v) is 7.76. The molecule has 0 amide bonds. The number of ether oxygens (including phenoxy) is 1. The molecule has 0 atom stereocenters. The van der Waals surface area contributed by atoms with Gasteiger partial charge in [0.05, 0.1) is 22.3 Å². The Labute approximate surface area is 175 Å². The number of fused-ring (bicyclic) bond motifs is 1. The summed E-state index contributed by atoms with van der Waals surface area (Å²) in [6.07, 6.45) is 5.15. The van der Waals surface area contributed by atoms with Crippen LogP contribution < -0.4 is 15.0 Å². The van der Waals surface area contributed by atoms with Gasteiger partial charge >= 0.3 is 0 Å². The van der Waals surface area contributed by atoms with E-state index in [1.54, 1.807) is 0 Å². The Balaban J connectivity index is 1.20. The first kappa shape index (κ1) is 19.4. The molecule has 1 fully saturated rings. The largest absolute Gasteiger partial charge is 0.478 e. The van der Waals surface area contributed by atoms with Crippen LogP contribution in [0.25, 0.3) is 6.08 Å². The molecule has 1 saturated heterocycles. The molecule has 1 aromatic heterocycles. The molecule has 7 heteroatoms. The van der Waals surface area contributed by atoms with Crippen molar-refractivity contribution < 1.29 is 4.74 Å². The van der Waals surface area contributed by atoms with Crippen LogP contribution in [-0.4, -0.2) is 55.8 Å². The van der Waals surface area contributed by atoms with Crippen molar-refractivity contribution in [2.75, 3.05) is 56.1 Å². The highest BCUT2D eigenvalue weighted by Gasteiger charge is 2.19. The number of rotatable bonds is 6. The van der Waals surface area contributed by atoms with Crippen LogP contribution in [0.4, 0.5) is 11.5 Å². The zero-order valence-corrected chi connectivity index (χ0v) is 17.2. The van der Waals surface area contributed by atoms with Crippen LogP contribution in [0.5, 0.6) is 5.88 Å². The fraction of sp³-hybridized carbons (Fsp3) is 0.381. The number of nitrogens with zero attached hydrogens (tertiary/aromatic N) is 3. The summed E-state index contributed by atoms with van der Waals surface area (Å²) in [7, 11) is 0. The van der Waals surface area contributed by atoms with Crippen molar-refractivity contribution in [2.24, 2.45) is 0 Å². The highest BCUT2D eigenvalue weighted by molar-refractivity contribution is 6.43. The smallest absolute Gasteiger partial charge is 0.215 e. The third-order valence-corrected chi connectivity index (χ3v) is 5.91. The number of piperazine rings is 1. The van der Waals surface area contributed by atoms with E-state index in [9.17, 15) is 0 Å². The quantitative estimate of drug-likeness (QED) is 0.703. The third kappa shape index (κ3) is 4.54. The fourth-order valence-electron chi connectivity index (χ4n) is 3.56. The van der Waals surface area contributed by atoms with E-state index in [1.165, 1.54) is 0 Å². The summed E-state index contributed by atoms with van der Waals surface area (Å²) >= 11 is 12.5. The second kappa shape index (κ2) is 9.03. The number of hydrogen-bond donors (Lipinski definition) is 1. The molecular weight excluding hydrogens is 395 g/mol. The van der Waals surface area contributed by atoms with Gasteiger partial charge in [0, 0.05) is 50.9 Å². The van der Waals surface area contributed by atoms with Gasteiger partial charge < -0.3 is 15.0 Å². The van der Waals surface area contributed by atoms with Crippen molar-refractivity contribution >= 4 is 40.8 Å². The van der Waals surface area contributed by atoms with Gasteiger partial charge in [0.2, 0.25) is 5.88 Å². The van der Waals surface area contributed by atoms with Crippen LogP contribution >= 0.6 is 23.2 Å². The lowest BCUT2D eigenvalue weighted by molar-refractivity contribution is 0.222. The first-order valence-corrected chi connectivity index (χ1v) is 10.4. The number of halogens is 2. The molecule has 0 aliphatic carbocycles. The van der Waals surface area contributed by atoms with E-state index < -0.39 is 0 Å². The van der Waals surface area contributed by atoms with Crippen LogP contribution in [0.1, 0.15) is 12.0 Å². The van der Waals surface area contributed by atoms with Crippen molar-refractivity contribution in [3.8, 4) is 5.88 Å². The Morgan fingerprint density at radius 1 is 1.07 bits per heavy atom. The molecule has 28 heavy (non-hydrogen) atoms. The third-order valence-electron chi connectivity index (χ3n) is 5.10. The number of anilines is 2. The summed E-state index contributed by atoms with van der Waals surface area (Å²) in [5.41, 5.74) is 2.13. The Bertz CT molecular complexity index is 850. The van der Waals surface area contributed by atoms with Crippen molar-refractivity contribution in [2.45, 2.75) is 6.42 Å². The summed E-state index contributed by atoms with van der Waals surface area (Å²) in [4.78, 5) is 9.30. The van der Waals surface area contributed by atoms with Crippen LogP contribution in [-0.2, 0) is 0 Å². The number of aromatic nitrogens is 1. The summed E-state index contributed by atoms with van der Waals surface area (Å²) < 4.78 is 5.84. The first-order chi connectivity index (χ1) is 13.7. The number of benzene rings is 1. The first-order valence-electron chi connectivity index (χ1n) is 9.66. The molecular formula is C21H24Cl2N4O. The molecule has 0 unspecified atom stereocenters. The molecule has 2 aromatic rings. The van der Waals surface area contributed by atoms with Crippen molar-refractivity contribution in [3.05, 3.63) is 52.0 Å². The molecule has 0 saturated carbocycles. The molecule has 3 heterocycles. The van der Waals surface area contributed by atoms with Crippen molar-refractivity contribution in [3.63, 3.8) is 0 Å². The van der Waals surface area contributed by atoms with E-state index in [1.807, 2.05) is 30.3 Å². The predicted octanol–water partition coefficient (Wildman–Crippen LogP) is 4.42. The van der Waals surface area contributed by atoms with E-state index in [2.05, 4.69) is 32.3 Å². The van der Waals surface area contributed by atoms with Gasteiger partial charge in [0.25, 0.3) is 0 Å². The van der Waals surface area contributed by atoms with E-state index in [0.717, 1.165) is 62.8 Å². The molecule has 0 radical (unpaired) electrons. The monoisotopic (exact) mass is 418 g/mol. The van der Waals surface area contributed by atoms with E-state index >= 15 is 0 Å². The highest BCUT2D eigenvalue weighted by atomic mass is 35.5. The molecule has 1 N–H and O–H groups in total. The molecule has 5 nitrogen and oxygen atoms in total. The van der Waals surface area contributed by atoms with Crippen LogP contribution in [0.15, 0.2) is 36.4 Å². The molecule has 1 aromatic carbocycles. The van der Waals surface area contributed by atoms with Crippen LogP contribution in [0.3, 0.4) is 0 Å². The topological polar surface area (TPSA) is 40.6 Å². The molecule has 2 aliphatic heterocycles. The Kier molecular flexibility index (Phi) is 6.25. The molecule has 148 valence electrons. The maximum Gasteiger partial charge on any atom is 0.215 e. The molecule has 4 rings (SSSR count). The summed E-state index contributed by atoms with van der Waals surface area (Å²) in [6, 6.07) is 9.79. The Morgan fingerprint density at radius 3 is 2.79 bits per heavy atom. The minimum Gasteiger partial charge on any atom is -0.478 e. The SMILES string of the molecule is Clc1cccc(N2CCN(CCCOc3ccc4c(n3)NCC=C4)CC2)c1Cl. The van der Waals surface area contributed by atoms with Gasteiger partial charge in [-0.3, -0.25) is 4.90 Å². The van der Waals surface area contributed by atoms with Gasteiger partial charge in [-0.25, -0.2) is 0 Å². The van der Waals surface area contributed by atoms with Gasteiger partial charge in [-0.05, 0) is 24.6 Å². The van der Waals surface area contributed by atoms with Crippen molar-refractivity contribution in [1.82, 2.24) is 9.88 Å². The van der Waals surface area contributed by atoms with Gasteiger partial charge in [0.1, 0.15) is 5.82 Å². The Morgan fingerprint density at radius 2 is 1.93 bits per heavy atom. The molecule has 0 bridgehead atoms. The number of nitrogens with one attached hydrogen (secondary N) is 1. The van der Waals surface area contributed by atoms with E-state index in [0.29, 0.717) is 22.5 Å². The van der Waals surface area contributed by atoms with Crippen LogP contribution in [0.2, 0.25) is 10.0 Å². The lowest BCUT2D eigenvalue weighted by Crippen LogP contribution is -2.46. The zero-order chi connectivity index (χ0) is 19.3. The van der Waals surface area contributed by atoms with Gasteiger partial charge in [-0.1, -0.05) is 41.4 Å². The maximum absolute atomic E-state index is 6.35. The number of pyridine rings is 1. The summed E-state index contributed by atoms with van der Waals surface area (Å²) in [5, 5.41) is 4.52. The van der Waals surface area contributed by atoms with E-state index in [-0.39, 0.29) is 0 Å². The maximum atomic E-state index is 6.35. The zero-order valence-electron chi connectivity index (χ0n) is 15.7. The minimum atomic E-state index is 0.612. The lowest BCUT2D eigenvalue weighted by Gasteiger charge is -2.36. The molecule has 2 aliphatic rings. The van der Waals surface area contributed by atoms with Gasteiger partial charge in [0.15, 0.2) is 0 Å². The summed E-state index contributed by atoms with van der Waals surface area (Å²) in [6.45, 7) is 6.42. The average Bonchev–Trinajstić information content (AvgIpc) is 2.74. The minimum absolute atomic E-state index is 0.612. The lowest BCUT2D eigenvalue weighted by atomic mass is 10.2. The Hall–Kier alpha value is -1.95.